The molecule has 0 saturated carbocycles. The summed E-state index contributed by atoms with van der Waals surface area (Å²) in [5, 5.41) is 7.58. The van der Waals surface area contributed by atoms with Gasteiger partial charge in [0.05, 0.1) is 11.9 Å². The van der Waals surface area contributed by atoms with Gasteiger partial charge in [0.15, 0.2) is 0 Å². The van der Waals surface area contributed by atoms with Crippen LogP contribution in [0.25, 0.3) is 11.3 Å². The average molecular weight is 287 g/mol. The maximum atomic E-state index is 4.79. The molecule has 2 rings (SSSR count). The first-order valence-electron chi connectivity index (χ1n) is 7.46. The van der Waals surface area contributed by atoms with Gasteiger partial charge in [-0.1, -0.05) is 27.7 Å². The third-order valence-corrected chi connectivity index (χ3v) is 3.41. The Morgan fingerprint density at radius 1 is 1.24 bits per heavy atom. The molecule has 2 heterocycles. The summed E-state index contributed by atoms with van der Waals surface area (Å²) < 4.78 is 1.96. The Balaban J connectivity index is 2.55. The van der Waals surface area contributed by atoms with Crippen molar-refractivity contribution in [1.29, 1.82) is 0 Å². The third-order valence-electron chi connectivity index (χ3n) is 3.41. The van der Waals surface area contributed by atoms with Gasteiger partial charge in [0.25, 0.3) is 0 Å². The van der Waals surface area contributed by atoms with Gasteiger partial charge in [-0.15, -0.1) is 0 Å². The van der Waals surface area contributed by atoms with Gasteiger partial charge >= 0.3 is 0 Å². The van der Waals surface area contributed by atoms with Crippen LogP contribution in [0.5, 0.6) is 0 Å². The largest absolute Gasteiger partial charge is 0.373 e. The van der Waals surface area contributed by atoms with Crippen LogP contribution in [0.1, 0.15) is 45.5 Å². The minimum absolute atomic E-state index is 0.0898. The maximum Gasteiger partial charge on any atom is 0.136 e. The molecule has 0 aliphatic rings. The van der Waals surface area contributed by atoms with E-state index in [1.54, 1.807) is 0 Å². The molecule has 2 aromatic rings. The summed E-state index contributed by atoms with van der Waals surface area (Å²) in [5.41, 5.74) is 2.97. The van der Waals surface area contributed by atoms with E-state index in [0.29, 0.717) is 0 Å². The highest BCUT2D eigenvalue weighted by atomic mass is 15.3. The number of anilines is 1. The van der Waals surface area contributed by atoms with Crippen molar-refractivity contribution in [1.82, 2.24) is 19.7 Å². The van der Waals surface area contributed by atoms with Crippen molar-refractivity contribution in [3.63, 3.8) is 0 Å². The molecular weight excluding hydrogens is 262 g/mol. The first-order valence-corrected chi connectivity index (χ1v) is 7.46. The lowest BCUT2D eigenvalue weighted by atomic mass is 9.95. The highest BCUT2D eigenvalue weighted by Gasteiger charge is 2.21. The van der Waals surface area contributed by atoms with E-state index < -0.39 is 0 Å². The van der Waals surface area contributed by atoms with Gasteiger partial charge in [-0.2, -0.15) is 5.10 Å². The smallest absolute Gasteiger partial charge is 0.136 e. The SMILES string of the molecule is CCCn1cc(-c2nc(C(C)(C)C)nc(NC)c2C)cn1. The normalized spacial score (nSPS) is 11.7. The summed E-state index contributed by atoms with van der Waals surface area (Å²) in [6.07, 6.45) is 5.01. The van der Waals surface area contributed by atoms with Crippen molar-refractivity contribution in [2.24, 2.45) is 0 Å². The van der Waals surface area contributed by atoms with Gasteiger partial charge < -0.3 is 5.32 Å². The summed E-state index contributed by atoms with van der Waals surface area (Å²) in [4.78, 5) is 9.43. The molecular formula is C16H25N5. The van der Waals surface area contributed by atoms with Crippen LogP contribution in [-0.4, -0.2) is 26.8 Å². The Labute approximate surface area is 126 Å². The van der Waals surface area contributed by atoms with Crippen molar-refractivity contribution < 1.29 is 0 Å². The monoisotopic (exact) mass is 287 g/mol. The van der Waals surface area contributed by atoms with Crippen molar-refractivity contribution in [3.05, 3.63) is 23.8 Å². The summed E-state index contributed by atoms with van der Waals surface area (Å²) in [6.45, 7) is 11.5. The van der Waals surface area contributed by atoms with E-state index in [0.717, 1.165) is 41.4 Å². The number of hydrogen-bond donors (Lipinski definition) is 1. The van der Waals surface area contributed by atoms with E-state index in [9.17, 15) is 0 Å². The number of aromatic nitrogens is 4. The number of nitrogens with zero attached hydrogens (tertiary/aromatic N) is 4. The Morgan fingerprint density at radius 2 is 1.95 bits per heavy atom. The molecule has 0 aromatic carbocycles. The Bertz CT molecular complexity index is 622. The predicted octanol–water partition coefficient (Wildman–Crippen LogP) is 3.40. The van der Waals surface area contributed by atoms with Crippen LogP contribution in [0.4, 0.5) is 5.82 Å². The maximum absolute atomic E-state index is 4.79. The molecule has 0 spiro atoms. The molecule has 0 unspecified atom stereocenters. The fourth-order valence-electron chi connectivity index (χ4n) is 2.21. The van der Waals surface area contributed by atoms with Gasteiger partial charge in [-0.3, -0.25) is 4.68 Å². The second kappa shape index (κ2) is 5.84. The summed E-state index contributed by atoms with van der Waals surface area (Å²) in [5.74, 6) is 1.73. The molecule has 0 bridgehead atoms. The molecule has 0 aliphatic heterocycles. The van der Waals surface area contributed by atoms with Gasteiger partial charge in [0.2, 0.25) is 0 Å². The standard InChI is InChI=1S/C16H25N5/c1-7-8-21-10-12(9-18-21)13-11(2)14(17-6)20-15(19-13)16(3,4)5/h9-10H,7-8H2,1-6H3,(H,17,19,20). The molecule has 0 atom stereocenters. The molecule has 0 radical (unpaired) electrons. The van der Waals surface area contributed by atoms with E-state index in [-0.39, 0.29) is 5.41 Å². The molecule has 0 saturated heterocycles. The minimum Gasteiger partial charge on any atom is -0.373 e. The van der Waals surface area contributed by atoms with Gasteiger partial charge in [0, 0.05) is 36.3 Å². The molecule has 1 N–H and O–H groups in total. The van der Waals surface area contributed by atoms with E-state index in [1.165, 1.54) is 0 Å². The van der Waals surface area contributed by atoms with Crippen LogP contribution in [0, 0.1) is 6.92 Å². The van der Waals surface area contributed by atoms with Crippen LogP contribution >= 0.6 is 0 Å². The first kappa shape index (κ1) is 15.5. The molecule has 0 aliphatic carbocycles. The van der Waals surface area contributed by atoms with Crippen molar-refractivity contribution in [2.75, 3.05) is 12.4 Å². The van der Waals surface area contributed by atoms with E-state index >= 15 is 0 Å². The van der Waals surface area contributed by atoms with E-state index in [4.69, 9.17) is 4.98 Å². The fourth-order valence-corrected chi connectivity index (χ4v) is 2.21. The molecule has 114 valence electrons. The van der Waals surface area contributed by atoms with Gasteiger partial charge in [-0.25, -0.2) is 9.97 Å². The van der Waals surface area contributed by atoms with Gasteiger partial charge in [0.1, 0.15) is 11.6 Å². The van der Waals surface area contributed by atoms with Crippen LogP contribution < -0.4 is 5.32 Å². The number of hydrogen-bond acceptors (Lipinski definition) is 4. The average Bonchev–Trinajstić information content (AvgIpc) is 2.86. The van der Waals surface area contributed by atoms with Gasteiger partial charge in [-0.05, 0) is 13.3 Å². The lowest BCUT2D eigenvalue weighted by Gasteiger charge is -2.20. The zero-order valence-electron chi connectivity index (χ0n) is 13.9. The van der Waals surface area contributed by atoms with Crippen LogP contribution in [-0.2, 0) is 12.0 Å². The van der Waals surface area contributed by atoms with Crippen molar-refractivity contribution >= 4 is 5.82 Å². The topological polar surface area (TPSA) is 55.6 Å². The predicted molar refractivity (Wildman–Crippen MR) is 86.5 cm³/mol. The fraction of sp³-hybridized carbons (Fsp3) is 0.562. The lowest BCUT2D eigenvalue weighted by Crippen LogP contribution is -2.18. The second-order valence-corrected chi connectivity index (χ2v) is 6.36. The summed E-state index contributed by atoms with van der Waals surface area (Å²) in [6, 6.07) is 0. The molecule has 0 fully saturated rings. The molecule has 5 nitrogen and oxygen atoms in total. The molecule has 5 heteroatoms. The first-order chi connectivity index (χ1) is 9.86. The Morgan fingerprint density at radius 3 is 2.52 bits per heavy atom. The molecule has 0 amide bonds. The van der Waals surface area contributed by atoms with Crippen LogP contribution in [0.15, 0.2) is 12.4 Å². The lowest BCUT2D eigenvalue weighted by molar-refractivity contribution is 0.546. The highest BCUT2D eigenvalue weighted by Crippen LogP contribution is 2.29. The van der Waals surface area contributed by atoms with E-state index in [2.05, 4.69) is 49.3 Å². The Hall–Kier alpha value is -1.91. The van der Waals surface area contributed by atoms with E-state index in [1.807, 2.05) is 24.9 Å². The Kier molecular flexibility index (Phi) is 4.30. The number of aryl methyl sites for hydroxylation is 1. The quantitative estimate of drug-likeness (QED) is 0.936. The van der Waals surface area contributed by atoms with Crippen LogP contribution in [0.3, 0.4) is 0 Å². The van der Waals surface area contributed by atoms with Crippen molar-refractivity contribution in [3.8, 4) is 11.3 Å². The summed E-state index contributed by atoms with van der Waals surface area (Å²) in [7, 11) is 1.89. The zero-order valence-corrected chi connectivity index (χ0v) is 13.9. The number of nitrogens with one attached hydrogen (secondary N) is 1. The van der Waals surface area contributed by atoms with Crippen LogP contribution in [0.2, 0.25) is 0 Å². The summed E-state index contributed by atoms with van der Waals surface area (Å²) >= 11 is 0. The zero-order chi connectivity index (χ0) is 15.6. The third kappa shape index (κ3) is 3.23. The molecule has 21 heavy (non-hydrogen) atoms. The number of rotatable bonds is 4. The minimum atomic E-state index is -0.0898. The second-order valence-electron chi connectivity index (χ2n) is 6.36. The van der Waals surface area contributed by atoms with Crippen molar-refractivity contribution in [2.45, 2.75) is 53.0 Å². The highest BCUT2D eigenvalue weighted by molar-refractivity contribution is 5.67. The molecule has 2 aromatic heterocycles.